The molecule has 18 heavy (non-hydrogen) atoms. The third-order valence-electron chi connectivity index (χ3n) is 2.01. The number of aryl methyl sites for hydroxylation is 1. The number of benzene rings is 1. The van der Waals surface area contributed by atoms with Crippen LogP contribution in [0.2, 0.25) is 0 Å². The first-order valence-corrected chi connectivity index (χ1v) is 4.97. The van der Waals surface area contributed by atoms with Crippen LogP contribution in [0.25, 0.3) is 0 Å². The van der Waals surface area contributed by atoms with Gasteiger partial charge in [0.25, 0.3) is 0 Å². The second-order valence-electron chi connectivity index (χ2n) is 3.59. The smallest absolute Gasteiger partial charge is 0.411 e. The van der Waals surface area contributed by atoms with Gasteiger partial charge < -0.3 is 15.2 Å². The zero-order valence-corrected chi connectivity index (χ0v) is 9.58. The molecule has 0 fully saturated rings. The van der Waals surface area contributed by atoms with Gasteiger partial charge >= 0.3 is 12.1 Å². The van der Waals surface area contributed by atoms with Crippen LogP contribution in [0.3, 0.4) is 0 Å². The van der Waals surface area contributed by atoms with E-state index in [1.54, 1.807) is 13.0 Å². The zero-order chi connectivity index (χ0) is 13.8. The summed E-state index contributed by atoms with van der Waals surface area (Å²) in [5.41, 5.74) is 6.79. The Bertz CT molecular complexity index is 432. The Labute approximate surface area is 101 Å². The van der Waals surface area contributed by atoms with Crippen LogP contribution in [0.4, 0.5) is 18.9 Å². The number of esters is 1. The Morgan fingerprint density at radius 1 is 1.39 bits per heavy atom. The fraction of sp³-hybridized carbons (Fsp3) is 0.364. The van der Waals surface area contributed by atoms with Gasteiger partial charge in [0.15, 0.2) is 6.79 Å². The van der Waals surface area contributed by atoms with Crippen molar-refractivity contribution in [3.8, 4) is 0 Å². The minimum atomic E-state index is -4.44. The highest BCUT2D eigenvalue weighted by atomic mass is 19.4. The van der Waals surface area contributed by atoms with Gasteiger partial charge in [-0.05, 0) is 30.7 Å². The van der Waals surface area contributed by atoms with Crippen molar-refractivity contribution in [3.63, 3.8) is 0 Å². The van der Waals surface area contributed by atoms with Crippen LogP contribution in [0.15, 0.2) is 18.2 Å². The highest BCUT2D eigenvalue weighted by Crippen LogP contribution is 2.15. The second-order valence-corrected chi connectivity index (χ2v) is 3.59. The zero-order valence-electron chi connectivity index (χ0n) is 9.58. The molecule has 1 aromatic carbocycles. The molecular weight excluding hydrogens is 251 g/mol. The first-order valence-electron chi connectivity index (χ1n) is 4.97. The van der Waals surface area contributed by atoms with Crippen molar-refractivity contribution in [2.75, 3.05) is 19.1 Å². The summed E-state index contributed by atoms with van der Waals surface area (Å²) in [5.74, 6) is -0.755. The summed E-state index contributed by atoms with van der Waals surface area (Å²) in [6.07, 6.45) is -4.44. The molecule has 0 aliphatic heterocycles. The second kappa shape index (κ2) is 5.72. The van der Waals surface area contributed by atoms with Crippen molar-refractivity contribution >= 4 is 11.7 Å². The van der Waals surface area contributed by atoms with Crippen molar-refractivity contribution in [2.45, 2.75) is 13.1 Å². The maximum Gasteiger partial charge on any atom is 0.411 e. The molecule has 0 bridgehead atoms. The molecular formula is C11H12F3NO3. The van der Waals surface area contributed by atoms with Crippen LogP contribution >= 0.6 is 0 Å². The largest absolute Gasteiger partial charge is 0.435 e. The molecule has 0 aromatic heterocycles. The third kappa shape index (κ3) is 4.62. The van der Waals surface area contributed by atoms with Gasteiger partial charge in [-0.25, -0.2) is 4.79 Å². The average Bonchev–Trinajstić information content (AvgIpc) is 2.22. The summed E-state index contributed by atoms with van der Waals surface area (Å²) in [6.45, 7) is -0.563. The first-order chi connectivity index (χ1) is 8.29. The minimum absolute atomic E-state index is 0.236. The maximum absolute atomic E-state index is 11.7. The number of carbonyl (C=O) groups excluding carboxylic acids is 1. The van der Waals surface area contributed by atoms with Gasteiger partial charge in [0, 0.05) is 5.69 Å². The monoisotopic (exact) mass is 263 g/mol. The van der Waals surface area contributed by atoms with Gasteiger partial charge in [-0.1, -0.05) is 0 Å². The number of rotatable bonds is 4. The van der Waals surface area contributed by atoms with Gasteiger partial charge in [0.1, 0.15) is 6.61 Å². The lowest BCUT2D eigenvalue weighted by Crippen LogP contribution is -2.19. The lowest BCUT2D eigenvalue weighted by molar-refractivity contribution is -0.190. The number of hydrogen-bond acceptors (Lipinski definition) is 4. The van der Waals surface area contributed by atoms with Crippen LogP contribution < -0.4 is 5.73 Å². The Hall–Kier alpha value is -1.76. The van der Waals surface area contributed by atoms with Crippen molar-refractivity contribution in [2.24, 2.45) is 0 Å². The molecule has 0 aliphatic rings. The van der Waals surface area contributed by atoms with Crippen molar-refractivity contribution < 1.29 is 27.4 Å². The van der Waals surface area contributed by atoms with Gasteiger partial charge in [0.05, 0.1) is 5.56 Å². The molecule has 0 saturated carbocycles. The summed E-state index contributed by atoms with van der Waals surface area (Å²) in [5, 5.41) is 0. The molecule has 1 aromatic rings. The fourth-order valence-electron chi connectivity index (χ4n) is 1.25. The van der Waals surface area contributed by atoms with E-state index in [9.17, 15) is 18.0 Å². The molecule has 2 N–H and O–H groups in total. The fourth-order valence-corrected chi connectivity index (χ4v) is 1.25. The molecule has 0 radical (unpaired) electrons. The lowest BCUT2D eigenvalue weighted by Gasteiger charge is -2.09. The summed E-state index contributed by atoms with van der Waals surface area (Å²) in [6, 6.07) is 4.50. The topological polar surface area (TPSA) is 61.6 Å². The molecule has 0 heterocycles. The predicted octanol–water partition coefficient (Wildman–Crippen LogP) is 2.27. The lowest BCUT2D eigenvalue weighted by atomic mass is 10.1. The van der Waals surface area contributed by atoms with Crippen LogP contribution in [-0.2, 0) is 9.47 Å². The van der Waals surface area contributed by atoms with E-state index >= 15 is 0 Å². The van der Waals surface area contributed by atoms with Gasteiger partial charge in [-0.15, -0.1) is 0 Å². The molecule has 0 amide bonds. The molecule has 4 nitrogen and oxygen atoms in total. The molecule has 1 rings (SSSR count). The number of carbonyl (C=O) groups is 1. The Kier molecular flexibility index (Phi) is 4.55. The number of hydrogen-bond donors (Lipinski definition) is 1. The number of halogens is 3. The van der Waals surface area contributed by atoms with Crippen molar-refractivity contribution in [1.29, 1.82) is 0 Å². The first kappa shape index (κ1) is 14.3. The normalized spacial score (nSPS) is 11.3. The van der Waals surface area contributed by atoms with E-state index in [0.717, 1.165) is 0 Å². The van der Waals surface area contributed by atoms with E-state index in [0.29, 0.717) is 11.3 Å². The number of nitrogens with two attached hydrogens (primary N) is 1. The van der Waals surface area contributed by atoms with Gasteiger partial charge in [-0.3, -0.25) is 0 Å². The molecule has 0 atom stereocenters. The molecule has 0 unspecified atom stereocenters. The highest BCUT2D eigenvalue weighted by molar-refractivity contribution is 5.91. The standard InChI is InChI=1S/C11H12F3NO3/c1-7-4-8(15)2-3-9(7)10(16)18-6-17-5-11(12,13)14/h2-4H,5-6,15H2,1H3. The van der Waals surface area contributed by atoms with E-state index in [-0.39, 0.29) is 5.56 Å². The molecule has 0 aliphatic carbocycles. The van der Waals surface area contributed by atoms with Crippen LogP contribution in [0, 0.1) is 6.92 Å². The van der Waals surface area contributed by atoms with E-state index in [1.165, 1.54) is 12.1 Å². The summed E-state index contributed by atoms with van der Waals surface area (Å²) in [7, 11) is 0. The summed E-state index contributed by atoms with van der Waals surface area (Å²) < 4.78 is 43.9. The third-order valence-corrected chi connectivity index (χ3v) is 2.01. The van der Waals surface area contributed by atoms with E-state index < -0.39 is 25.5 Å². The number of anilines is 1. The highest BCUT2D eigenvalue weighted by Gasteiger charge is 2.27. The Morgan fingerprint density at radius 2 is 2.06 bits per heavy atom. The predicted molar refractivity (Wildman–Crippen MR) is 57.9 cm³/mol. The number of nitrogen functional groups attached to an aromatic ring is 1. The summed E-state index contributed by atoms with van der Waals surface area (Å²) in [4.78, 5) is 11.5. The number of alkyl halides is 3. The van der Waals surface area contributed by atoms with Gasteiger partial charge in [-0.2, -0.15) is 13.2 Å². The van der Waals surface area contributed by atoms with Crippen molar-refractivity contribution in [3.05, 3.63) is 29.3 Å². The van der Waals surface area contributed by atoms with E-state index in [4.69, 9.17) is 5.73 Å². The SMILES string of the molecule is Cc1cc(N)ccc1C(=O)OCOCC(F)(F)F. The Balaban J connectivity index is 2.46. The van der Waals surface area contributed by atoms with Crippen LogP contribution in [-0.4, -0.2) is 25.5 Å². The van der Waals surface area contributed by atoms with Crippen LogP contribution in [0.1, 0.15) is 15.9 Å². The molecule has 0 spiro atoms. The minimum Gasteiger partial charge on any atom is -0.435 e. The van der Waals surface area contributed by atoms with Crippen LogP contribution in [0.5, 0.6) is 0 Å². The molecule has 7 heteroatoms. The number of ether oxygens (including phenoxy) is 2. The Morgan fingerprint density at radius 3 is 2.61 bits per heavy atom. The summed E-state index contributed by atoms with van der Waals surface area (Å²) >= 11 is 0. The average molecular weight is 263 g/mol. The molecule has 100 valence electrons. The van der Waals surface area contributed by atoms with E-state index in [2.05, 4.69) is 9.47 Å². The van der Waals surface area contributed by atoms with Gasteiger partial charge in [0.2, 0.25) is 0 Å². The van der Waals surface area contributed by atoms with Crippen molar-refractivity contribution in [1.82, 2.24) is 0 Å². The molecule has 0 saturated heterocycles. The quantitative estimate of drug-likeness (QED) is 0.392. The maximum atomic E-state index is 11.7. The van der Waals surface area contributed by atoms with E-state index in [1.807, 2.05) is 0 Å².